The van der Waals surface area contributed by atoms with Gasteiger partial charge in [0.2, 0.25) is 0 Å². The molecule has 1 aliphatic heterocycles. The molecule has 0 atom stereocenters. The summed E-state index contributed by atoms with van der Waals surface area (Å²) < 4.78 is 41.8. The Morgan fingerprint density at radius 3 is 2.54 bits per heavy atom. The Hall–Kier alpha value is -2.86. The van der Waals surface area contributed by atoms with Crippen molar-refractivity contribution in [2.24, 2.45) is 4.99 Å². The molecule has 184 valence electrons. The molecule has 2 N–H and O–H groups in total. The molecule has 4 rings (SSSR count). The van der Waals surface area contributed by atoms with Crippen LogP contribution in [0.3, 0.4) is 0 Å². The molecule has 0 saturated heterocycles. The molecule has 1 amide bonds. The zero-order chi connectivity index (χ0) is 25.2. The number of halogens is 4. The number of thioether (sulfide) groups is 1. The van der Waals surface area contributed by atoms with Crippen molar-refractivity contribution >= 4 is 51.4 Å². The summed E-state index contributed by atoms with van der Waals surface area (Å²) in [6.45, 7) is 0.0957. The van der Waals surface area contributed by atoms with Crippen LogP contribution in [0, 0.1) is 0 Å². The number of amides is 1. The van der Waals surface area contributed by atoms with E-state index in [2.05, 4.69) is 10.1 Å². The van der Waals surface area contributed by atoms with Crippen LogP contribution >= 0.6 is 23.4 Å². The number of fused-ring (bicyclic) bond motifs is 1. The quantitative estimate of drug-likeness (QED) is 0.454. The zero-order valence-electron chi connectivity index (χ0n) is 18.2. The molecule has 0 bridgehead atoms. The van der Waals surface area contributed by atoms with Crippen LogP contribution in [0.4, 0.5) is 13.2 Å². The minimum Gasteiger partial charge on any atom is -0.395 e. The molecule has 0 saturated carbocycles. The number of aliphatic hydroxyl groups is 2. The van der Waals surface area contributed by atoms with E-state index in [-0.39, 0.29) is 43.4 Å². The number of carbonyl (C=O) groups is 1. The third kappa shape index (κ3) is 5.69. The second-order valence-corrected chi connectivity index (χ2v) is 9.11. The molecule has 35 heavy (non-hydrogen) atoms. The summed E-state index contributed by atoms with van der Waals surface area (Å²) in [5.74, 6) is -0.427. The molecule has 0 aliphatic carbocycles. The number of aliphatic hydroxyl groups excluding tert-OH is 2. The lowest BCUT2D eigenvalue weighted by atomic mass is 10.1. The fraction of sp³-hybridized carbons (Fsp3) is 0.261. The number of hydrogen-bond donors (Lipinski definition) is 2. The van der Waals surface area contributed by atoms with Crippen molar-refractivity contribution in [3.63, 3.8) is 0 Å². The molecule has 1 aromatic heterocycles. The number of hydrogen-bond acceptors (Lipinski definition) is 6. The van der Waals surface area contributed by atoms with E-state index in [1.54, 1.807) is 35.4 Å². The summed E-state index contributed by atoms with van der Waals surface area (Å²) in [4.78, 5) is 18.4. The Morgan fingerprint density at radius 2 is 1.86 bits per heavy atom. The molecule has 2 heterocycles. The van der Waals surface area contributed by atoms with Crippen LogP contribution in [-0.2, 0) is 17.5 Å². The summed E-state index contributed by atoms with van der Waals surface area (Å²) in [5.41, 5.74) is 0.572. The number of benzene rings is 2. The third-order valence-electron chi connectivity index (χ3n) is 5.28. The predicted octanol–water partition coefficient (Wildman–Crippen LogP) is 4.01. The SMILES string of the molecule is O=C1N=C(N(CCO)CCO)SC1=Cc1ccc2c(cnn2Cc2ccc(Cl)cc2C(F)(F)F)c1. The highest BCUT2D eigenvalue weighted by Gasteiger charge is 2.33. The van der Waals surface area contributed by atoms with Crippen LogP contribution < -0.4 is 0 Å². The highest BCUT2D eigenvalue weighted by molar-refractivity contribution is 8.18. The van der Waals surface area contributed by atoms with Gasteiger partial charge in [-0.2, -0.15) is 23.3 Å². The van der Waals surface area contributed by atoms with Crippen LogP contribution in [0.2, 0.25) is 5.02 Å². The van der Waals surface area contributed by atoms with Crippen molar-refractivity contribution in [2.45, 2.75) is 12.7 Å². The molecule has 7 nitrogen and oxygen atoms in total. The van der Waals surface area contributed by atoms with Gasteiger partial charge in [-0.05, 0) is 53.2 Å². The number of alkyl halides is 3. The van der Waals surface area contributed by atoms with Crippen molar-refractivity contribution in [1.29, 1.82) is 0 Å². The van der Waals surface area contributed by atoms with Gasteiger partial charge in [0.05, 0.1) is 41.9 Å². The Labute approximate surface area is 207 Å². The van der Waals surface area contributed by atoms with Gasteiger partial charge in [-0.25, -0.2) is 0 Å². The van der Waals surface area contributed by atoms with Crippen molar-refractivity contribution in [3.05, 3.63) is 69.2 Å². The van der Waals surface area contributed by atoms with Crippen LogP contribution in [-0.4, -0.2) is 62.3 Å². The van der Waals surface area contributed by atoms with Crippen molar-refractivity contribution < 1.29 is 28.2 Å². The number of carbonyl (C=O) groups excluding carboxylic acids is 1. The first-order valence-corrected chi connectivity index (χ1v) is 11.7. The molecule has 12 heteroatoms. The fourth-order valence-electron chi connectivity index (χ4n) is 3.66. The molecule has 0 unspecified atom stereocenters. The largest absolute Gasteiger partial charge is 0.416 e. The molecule has 0 spiro atoms. The van der Waals surface area contributed by atoms with Crippen LogP contribution in [0.1, 0.15) is 16.7 Å². The Morgan fingerprint density at radius 1 is 1.11 bits per heavy atom. The number of rotatable bonds is 7. The molecule has 0 radical (unpaired) electrons. The standard InChI is InChI=1S/C23H20ClF3N4O3S/c24-17-3-2-15(18(11-17)23(25,26)27)13-31-19-4-1-14(9-16(19)12-28-31)10-20-21(34)29-22(35-20)30(5-7-32)6-8-33/h1-4,9-12,32-33H,5-8,13H2. The first kappa shape index (κ1) is 25.2. The number of aromatic nitrogens is 2. The maximum Gasteiger partial charge on any atom is 0.416 e. The molecular weight excluding hydrogens is 505 g/mol. The number of amidine groups is 1. The van der Waals surface area contributed by atoms with Gasteiger partial charge in [-0.3, -0.25) is 9.48 Å². The summed E-state index contributed by atoms with van der Waals surface area (Å²) in [6, 6.07) is 8.91. The second-order valence-electron chi connectivity index (χ2n) is 7.66. The van der Waals surface area contributed by atoms with E-state index in [0.29, 0.717) is 26.5 Å². The summed E-state index contributed by atoms with van der Waals surface area (Å²) in [5, 5.41) is 23.7. The summed E-state index contributed by atoms with van der Waals surface area (Å²) in [6.07, 6.45) is -1.33. The first-order chi connectivity index (χ1) is 16.7. The second kappa shape index (κ2) is 10.4. The van der Waals surface area contributed by atoms with E-state index in [4.69, 9.17) is 11.6 Å². The number of aliphatic imine (C=N–C) groups is 1. The average molecular weight is 525 g/mol. The molecule has 2 aromatic carbocycles. The van der Waals surface area contributed by atoms with E-state index in [1.807, 2.05) is 0 Å². The fourth-order valence-corrected chi connectivity index (χ4v) is 4.80. The van der Waals surface area contributed by atoms with Crippen LogP contribution in [0.5, 0.6) is 0 Å². The lowest BCUT2D eigenvalue weighted by Crippen LogP contribution is -2.33. The maximum absolute atomic E-state index is 13.5. The topological polar surface area (TPSA) is 91.0 Å². The van der Waals surface area contributed by atoms with Gasteiger partial charge >= 0.3 is 6.18 Å². The normalized spacial score (nSPS) is 15.3. The van der Waals surface area contributed by atoms with E-state index >= 15 is 0 Å². The minimum atomic E-state index is -4.54. The van der Waals surface area contributed by atoms with Crippen LogP contribution in [0.25, 0.3) is 17.0 Å². The monoisotopic (exact) mass is 524 g/mol. The lowest BCUT2D eigenvalue weighted by molar-refractivity contribution is -0.138. The van der Waals surface area contributed by atoms with E-state index in [1.165, 1.54) is 16.8 Å². The van der Waals surface area contributed by atoms with Gasteiger partial charge in [0, 0.05) is 23.5 Å². The average Bonchev–Trinajstić information content (AvgIpc) is 3.37. The van der Waals surface area contributed by atoms with Gasteiger partial charge in [0.25, 0.3) is 5.91 Å². The van der Waals surface area contributed by atoms with Gasteiger partial charge in [0.15, 0.2) is 5.17 Å². The summed E-state index contributed by atoms with van der Waals surface area (Å²) >= 11 is 6.91. The molecular formula is C23H20ClF3N4O3S. The van der Waals surface area contributed by atoms with E-state index in [9.17, 15) is 28.2 Å². The van der Waals surface area contributed by atoms with Gasteiger partial charge in [-0.1, -0.05) is 23.7 Å². The van der Waals surface area contributed by atoms with Crippen LogP contribution in [0.15, 0.2) is 52.5 Å². The predicted molar refractivity (Wildman–Crippen MR) is 129 cm³/mol. The third-order valence-corrected chi connectivity index (χ3v) is 6.56. The Kier molecular flexibility index (Phi) is 7.50. The highest BCUT2D eigenvalue weighted by Crippen LogP contribution is 2.35. The van der Waals surface area contributed by atoms with E-state index in [0.717, 1.165) is 17.8 Å². The zero-order valence-corrected chi connectivity index (χ0v) is 19.7. The lowest BCUT2D eigenvalue weighted by Gasteiger charge is -2.20. The Bertz CT molecular complexity index is 1320. The highest BCUT2D eigenvalue weighted by atomic mass is 35.5. The number of nitrogens with zero attached hydrogens (tertiary/aromatic N) is 4. The smallest absolute Gasteiger partial charge is 0.395 e. The van der Waals surface area contributed by atoms with Crippen molar-refractivity contribution in [3.8, 4) is 0 Å². The molecule has 3 aromatic rings. The molecule has 1 aliphatic rings. The van der Waals surface area contributed by atoms with Gasteiger partial charge < -0.3 is 15.1 Å². The van der Waals surface area contributed by atoms with Gasteiger partial charge in [-0.15, -0.1) is 0 Å². The van der Waals surface area contributed by atoms with E-state index < -0.39 is 17.6 Å². The molecule has 0 fully saturated rings. The maximum atomic E-state index is 13.5. The first-order valence-electron chi connectivity index (χ1n) is 10.5. The minimum absolute atomic E-state index is 0.00591. The van der Waals surface area contributed by atoms with Crippen molar-refractivity contribution in [2.75, 3.05) is 26.3 Å². The van der Waals surface area contributed by atoms with Gasteiger partial charge in [0.1, 0.15) is 0 Å². The summed E-state index contributed by atoms with van der Waals surface area (Å²) in [7, 11) is 0. The Balaban J connectivity index is 1.57. The van der Waals surface area contributed by atoms with Crippen molar-refractivity contribution in [1.82, 2.24) is 14.7 Å².